The van der Waals surface area contributed by atoms with E-state index in [4.69, 9.17) is 4.74 Å². The molecule has 0 saturated heterocycles. The fourth-order valence-corrected chi connectivity index (χ4v) is 1.89. The molecule has 6 heteroatoms. The molecule has 0 aromatic carbocycles. The van der Waals surface area contributed by atoms with Gasteiger partial charge in [-0.3, -0.25) is 9.80 Å². The normalized spacial score (nSPS) is 20.9. The molecule has 4 nitrogen and oxygen atoms in total. The number of hydrogen-bond acceptors (Lipinski definition) is 3. The maximum Gasteiger partial charge on any atom is 0.257 e. The number of amides is 1. The zero-order valence-corrected chi connectivity index (χ0v) is 10.1. The minimum absolute atomic E-state index is 0.266. The van der Waals surface area contributed by atoms with Crippen molar-refractivity contribution < 1.29 is 18.3 Å². The van der Waals surface area contributed by atoms with Crippen molar-refractivity contribution in [2.45, 2.75) is 26.3 Å². The molecule has 1 aliphatic rings. The molecular formula is C11H16F2N2O2. The van der Waals surface area contributed by atoms with Crippen LogP contribution in [-0.2, 0) is 9.53 Å². The molecule has 0 spiro atoms. The average Bonchev–Trinajstić information content (AvgIpc) is 2.48. The number of alkyl halides is 2. The summed E-state index contributed by atoms with van der Waals surface area (Å²) in [6.45, 7) is 3.00. The Bertz CT molecular complexity index is 342. The monoisotopic (exact) mass is 246 g/mol. The second-order valence-electron chi connectivity index (χ2n) is 3.71. The van der Waals surface area contributed by atoms with E-state index in [9.17, 15) is 13.6 Å². The van der Waals surface area contributed by atoms with E-state index in [1.54, 1.807) is 19.9 Å². The Morgan fingerprint density at radius 3 is 2.65 bits per heavy atom. The van der Waals surface area contributed by atoms with Gasteiger partial charge in [0.25, 0.3) is 6.43 Å². The molecule has 1 heterocycles. The first kappa shape index (κ1) is 13.5. The van der Waals surface area contributed by atoms with Crippen molar-refractivity contribution in [2.24, 2.45) is 0 Å². The van der Waals surface area contributed by atoms with E-state index in [1.165, 1.54) is 23.4 Å². The fourth-order valence-electron chi connectivity index (χ4n) is 1.89. The van der Waals surface area contributed by atoms with Gasteiger partial charge in [0, 0.05) is 11.3 Å². The second-order valence-corrected chi connectivity index (χ2v) is 3.71. The lowest BCUT2D eigenvalue weighted by atomic mass is 10.1. The molecule has 1 aliphatic heterocycles. The molecule has 96 valence electrons. The van der Waals surface area contributed by atoms with Crippen LogP contribution < -0.4 is 0 Å². The Hall–Kier alpha value is -1.59. The van der Waals surface area contributed by atoms with Gasteiger partial charge in [-0.1, -0.05) is 0 Å². The first-order valence-electron chi connectivity index (χ1n) is 5.22. The van der Waals surface area contributed by atoms with Crippen LogP contribution in [0.25, 0.3) is 0 Å². The summed E-state index contributed by atoms with van der Waals surface area (Å²) in [5, 5.41) is 2.55. The summed E-state index contributed by atoms with van der Waals surface area (Å²) in [7, 11) is 1.50. The number of rotatable bonds is 5. The highest BCUT2D eigenvalue weighted by molar-refractivity contribution is 5.52. The Balaban J connectivity index is 2.98. The lowest BCUT2D eigenvalue weighted by molar-refractivity contribution is -0.133. The number of methoxy groups -OCH3 is 1. The number of ether oxygens (including phenoxy) is 1. The average molecular weight is 246 g/mol. The van der Waals surface area contributed by atoms with Gasteiger partial charge < -0.3 is 4.74 Å². The second kappa shape index (κ2) is 5.65. The van der Waals surface area contributed by atoms with Gasteiger partial charge in [-0.25, -0.2) is 13.8 Å². The number of hydrogen-bond donors (Lipinski definition) is 0. The summed E-state index contributed by atoms with van der Waals surface area (Å²) < 4.78 is 29.6. The molecule has 0 fully saturated rings. The van der Waals surface area contributed by atoms with Gasteiger partial charge in [0.15, 0.2) is 0 Å². The third-order valence-corrected chi connectivity index (χ3v) is 2.73. The number of carbonyl (C=O) groups is 1. The summed E-state index contributed by atoms with van der Waals surface area (Å²) in [4.78, 5) is 10.9. The Morgan fingerprint density at radius 2 is 2.18 bits per heavy atom. The van der Waals surface area contributed by atoms with Crippen LogP contribution >= 0.6 is 0 Å². The lowest BCUT2D eigenvalue weighted by Crippen LogP contribution is -2.42. The molecule has 1 amide bonds. The van der Waals surface area contributed by atoms with Crippen LogP contribution in [0.1, 0.15) is 13.8 Å². The fraction of sp³-hybridized carbons (Fsp3) is 0.545. The standard InChI is InChI=1S/C11H16F2N2O2/c1-8-10(4-5-17-3)9(2)15(7-16)14(8)6-11(12)13/h4-5,7,9,11H,6H2,1-3H3. The number of allylic oxidation sites excluding steroid dienone is 1. The van der Waals surface area contributed by atoms with Crippen LogP contribution in [0.5, 0.6) is 0 Å². The van der Waals surface area contributed by atoms with Crippen LogP contribution in [0.3, 0.4) is 0 Å². The van der Waals surface area contributed by atoms with Crippen molar-refractivity contribution in [3.05, 3.63) is 23.6 Å². The van der Waals surface area contributed by atoms with Gasteiger partial charge in [-0.15, -0.1) is 0 Å². The van der Waals surface area contributed by atoms with Gasteiger partial charge in [0.1, 0.15) is 6.54 Å². The van der Waals surface area contributed by atoms with Crippen LogP contribution in [0.2, 0.25) is 0 Å². The van der Waals surface area contributed by atoms with Crippen molar-refractivity contribution in [2.75, 3.05) is 13.7 Å². The minimum Gasteiger partial charge on any atom is -0.504 e. The summed E-state index contributed by atoms with van der Waals surface area (Å²) in [6, 6.07) is -0.266. The highest BCUT2D eigenvalue weighted by Crippen LogP contribution is 2.29. The molecule has 0 bridgehead atoms. The number of halogens is 2. The van der Waals surface area contributed by atoms with E-state index < -0.39 is 13.0 Å². The number of hydrazine groups is 1. The Kier molecular flexibility index (Phi) is 4.48. The van der Waals surface area contributed by atoms with Gasteiger partial charge in [-0.2, -0.15) is 0 Å². The lowest BCUT2D eigenvalue weighted by Gasteiger charge is -2.30. The molecule has 0 aromatic heterocycles. The van der Waals surface area contributed by atoms with E-state index in [0.29, 0.717) is 12.1 Å². The van der Waals surface area contributed by atoms with E-state index in [2.05, 4.69) is 0 Å². The number of nitrogens with zero attached hydrogens (tertiary/aromatic N) is 2. The summed E-state index contributed by atoms with van der Waals surface area (Å²) in [6.07, 6.45) is 1.21. The van der Waals surface area contributed by atoms with E-state index in [1.807, 2.05) is 0 Å². The van der Waals surface area contributed by atoms with Gasteiger partial charge >= 0.3 is 0 Å². The minimum atomic E-state index is -2.50. The topological polar surface area (TPSA) is 32.8 Å². The first-order chi connectivity index (χ1) is 8.02. The molecule has 1 atom stereocenters. The maximum atomic E-state index is 12.4. The van der Waals surface area contributed by atoms with Gasteiger partial charge in [0.05, 0.1) is 19.4 Å². The molecule has 0 aliphatic carbocycles. The SMILES string of the molecule is COC=CC1=C(C)N(CC(F)F)N(C=O)C1C. The van der Waals surface area contributed by atoms with Crippen LogP contribution in [0.15, 0.2) is 23.6 Å². The predicted molar refractivity (Wildman–Crippen MR) is 58.9 cm³/mol. The molecule has 0 saturated carbocycles. The van der Waals surface area contributed by atoms with Crippen molar-refractivity contribution in [3.63, 3.8) is 0 Å². The molecule has 17 heavy (non-hydrogen) atoms. The zero-order chi connectivity index (χ0) is 13.0. The van der Waals surface area contributed by atoms with Crippen LogP contribution in [-0.4, -0.2) is 42.5 Å². The van der Waals surface area contributed by atoms with Gasteiger partial charge in [-0.05, 0) is 19.9 Å². The third kappa shape index (κ3) is 2.75. The largest absolute Gasteiger partial charge is 0.504 e. The number of carbonyl (C=O) groups excluding carboxylic acids is 1. The quantitative estimate of drug-likeness (QED) is 0.547. The van der Waals surface area contributed by atoms with E-state index >= 15 is 0 Å². The van der Waals surface area contributed by atoms with Gasteiger partial charge in [0.2, 0.25) is 6.41 Å². The zero-order valence-electron chi connectivity index (χ0n) is 10.1. The van der Waals surface area contributed by atoms with Crippen LogP contribution in [0.4, 0.5) is 8.78 Å². The maximum absolute atomic E-state index is 12.4. The van der Waals surface area contributed by atoms with Crippen LogP contribution in [0, 0.1) is 0 Å². The van der Waals surface area contributed by atoms with E-state index in [0.717, 1.165) is 5.57 Å². The highest BCUT2D eigenvalue weighted by atomic mass is 19.3. The summed E-state index contributed by atoms with van der Waals surface area (Å²) in [5.74, 6) is 0. The van der Waals surface area contributed by atoms with Crippen molar-refractivity contribution in [3.8, 4) is 0 Å². The molecule has 0 aromatic rings. The van der Waals surface area contributed by atoms with E-state index in [-0.39, 0.29) is 6.04 Å². The summed E-state index contributed by atoms with van der Waals surface area (Å²) >= 11 is 0. The Labute approximate surface area is 99.1 Å². The van der Waals surface area contributed by atoms with Crippen molar-refractivity contribution in [1.82, 2.24) is 10.0 Å². The highest BCUT2D eigenvalue weighted by Gasteiger charge is 2.33. The summed E-state index contributed by atoms with van der Waals surface area (Å²) in [5.41, 5.74) is 1.43. The molecular weight excluding hydrogens is 230 g/mol. The first-order valence-corrected chi connectivity index (χ1v) is 5.22. The molecule has 0 radical (unpaired) electrons. The smallest absolute Gasteiger partial charge is 0.257 e. The predicted octanol–water partition coefficient (Wildman–Crippen LogP) is 1.76. The molecule has 0 N–H and O–H groups in total. The third-order valence-electron chi connectivity index (χ3n) is 2.73. The van der Waals surface area contributed by atoms with Crippen molar-refractivity contribution in [1.29, 1.82) is 0 Å². The molecule has 1 unspecified atom stereocenters. The Morgan fingerprint density at radius 1 is 1.53 bits per heavy atom. The van der Waals surface area contributed by atoms with Crippen molar-refractivity contribution >= 4 is 6.41 Å². The molecule has 1 rings (SSSR count).